The molecule has 1 unspecified atom stereocenters. The summed E-state index contributed by atoms with van der Waals surface area (Å²) in [6, 6.07) is 0. The molecule has 1 aliphatic carbocycles. The minimum absolute atomic E-state index is 0.287. The van der Waals surface area contributed by atoms with E-state index in [-0.39, 0.29) is 6.61 Å². The number of Topliss-reactive ketones (excluding diaryl/α,β-unsaturated/α-hetero) is 1. The third-order valence-electron chi connectivity index (χ3n) is 2.49. The van der Waals surface area contributed by atoms with Gasteiger partial charge in [0.25, 0.3) is 0 Å². The molecule has 1 rings (SSSR count). The SMILES string of the molecule is O=C1CCCC1CCSCCCO. The van der Waals surface area contributed by atoms with Gasteiger partial charge in [-0.1, -0.05) is 0 Å². The largest absolute Gasteiger partial charge is 0.396 e. The molecule has 76 valence electrons. The average molecular weight is 202 g/mol. The van der Waals surface area contributed by atoms with Crippen molar-refractivity contribution in [2.24, 2.45) is 5.92 Å². The molecular formula is C10H18O2S. The minimum Gasteiger partial charge on any atom is -0.396 e. The van der Waals surface area contributed by atoms with Crippen molar-refractivity contribution < 1.29 is 9.90 Å². The number of carbonyl (C=O) groups excluding carboxylic acids is 1. The third-order valence-corrected chi connectivity index (χ3v) is 3.59. The van der Waals surface area contributed by atoms with Crippen LogP contribution in [0.15, 0.2) is 0 Å². The van der Waals surface area contributed by atoms with Crippen molar-refractivity contribution in [1.29, 1.82) is 0 Å². The molecule has 0 bridgehead atoms. The second-order valence-electron chi connectivity index (χ2n) is 3.53. The normalized spacial score (nSPS) is 22.5. The van der Waals surface area contributed by atoms with E-state index in [2.05, 4.69) is 0 Å². The lowest BCUT2D eigenvalue weighted by molar-refractivity contribution is -0.120. The van der Waals surface area contributed by atoms with Crippen LogP contribution in [-0.4, -0.2) is 29.0 Å². The molecule has 1 N–H and O–H groups in total. The van der Waals surface area contributed by atoms with Crippen LogP contribution in [0.25, 0.3) is 0 Å². The van der Waals surface area contributed by atoms with Crippen molar-refractivity contribution in [2.45, 2.75) is 32.1 Å². The van der Waals surface area contributed by atoms with Gasteiger partial charge in [-0.15, -0.1) is 0 Å². The van der Waals surface area contributed by atoms with E-state index in [1.807, 2.05) is 11.8 Å². The van der Waals surface area contributed by atoms with Gasteiger partial charge in [0.2, 0.25) is 0 Å². The highest BCUT2D eigenvalue weighted by molar-refractivity contribution is 7.99. The molecule has 1 fully saturated rings. The topological polar surface area (TPSA) is 37.3 Å². The fourth-order valence-electron chi connectivity index (χ4n) is 1.69. The fraction of sp³-hybridized carbons (Fsp3) is 0.900. The summed E-state index contributed by atoms with van der Waals surface area (Å²) in [5.41, 5.74) is 0. The van der Waals surface area contributed by atoms with E-state index >= 15 is 0 Å². The quantitative estimate of drug-likeness (QED) is 0.668. The summed E-state index contributed by atoms with van der Waals surface area (Å²) in [6.45, 7) is 0.287. The molecule has 13 heavy (non-hydrogen) atoms. The number of carbonyl (C=O) groups is 1. The number of thioether (sulfide) groups is 1. The van der Waals surface area contributed by atoms with Crippen LogP contribution >= 0.6 is 11.8 Å². The number of hydrogen-bond acceptors (Lipinski definition) is 3. The predicted molar refractivity (Wildman–Crippen MR) is 56.0 cm³/mol. The monoisotopic (exact) mass is 202 g/mol. The lowest BCUT2D eigenvalue weighted by Crippen LogP contribution is -2.07. The van der Waals surface area contributed by atoms with Gasteiger partial charge in [-0.25, -0.2) is 0 Å². The minimum atomic E-state index is 0.287. The molecule has 1 aliphatic rings. The Morgan fingerprint density at radius 1 is 1.46 bits per heavy atom. The third kappa shape index (κ3) is 4.14. The van der Waals surface area contributed by atoms with Crippen molar-refractivity contribution in [1.82, 2.24) is 0 Å². The Kier molecular flexibility index (Phi) is 5.47. The Balaban J connectivity index is 1.96. The van der Waals surface area contributed by atoms with Crippen LogP contribution < -0.4 is 0 Å². The van der Waals surface area contributed by atoms with E-state index in [0.717, 1.165) is 43.6 Å². The maximum absolute atomic E-state index is 11.2. The maximum atomic E-state index is 11.2. The van der Waals surface area contributed by atoms with Gasteiger partial charge < -0.3 is 5.11 Å². The highest BCUT2D eigenvalue weighted by atomic mass is 32.2. The number of aliphatic hydroxyl groups is 1. The summed E-state index contributed by atoms with van der Waals surface area (Å²) in [5.74, 6) is 2.94. The number of hydrogen-bond donors (Lipinski definition) is 1. The molecule has 0 aliphatic heterocycles. The summed E-state index contributed by atoms with van der Waals surface area (Å²) in [6.07, 6.45) is 4.95. The van der Waals surface area contributed by atoms with Gasteiger partial charge in [-0.2, -0.15) is 11.8 Å². The fourth-order valence-corrected chi connectivity index (χ4v) is 2.68. The Bertz CT molecular complexity index is 159. The molecule has 0 heterocycles. The second kappa shape index (κ2) is 6.44. The lowest BCUT2D eigenvalue weighted by Gasteiger charge is -2.06. The summed E-state index contributed by atoms with van der Waals surface area (Å²) >= 11 is 1.85. The Hall–Kier alpha value is -0.0200. The van der Waals surface area contributed by atoms with Gasteiger partial charge in [-0.05, 0) is 37.2 Å². The van der Waals surface area contributed by atoms with Crippen molar-refractivity contribution in [3.05, 3.63) is 0 Å². The highest BCUT2D eigenvalue weighted by Gasteiger charge is 2.23. The van der Waals surface area contributed by atoms with Crippen LogP contribution in [0.2, 0.25) is 0 Å². The van der Waals surface area contributed by atoms with Gasteiger partial charge in [0, 0.05) is 18.9 Å². The molecule has 2 nitrogen and oxygen atoms in total. The molecule has 0 spiro atoms. The summed E-state index contributed by atoms with van der Waals surface area (Å²) in [4.78, 5) is 11.2. The van der Waals surface area contributed by atoms with Crippen molar-refractivity contribution in [3.63, 3.8) is 0 Å². The molecule has 1 atom stereocenters. The van der Waals surface area contributed by atoms with Gasteiger partial charge in [0.1, 0.15) is 5.78 Å². The Labute approximate surface area is 84.1 Å². The zero-order valence-corrected chi connectivity index (χ0v) is 8.81. The average Bonchev–Trinajstić information content (AvgIpc) is 2.52. The first-order valence-electron chi connectivity index (χ1n) is 5.06. The summed E-state index contributed by atoms with van der Waals surface area (Å²) in [5, 5.41) is 8.55. The Morgan fingerprint density at radius 3 is 2.92 bits per heavy atom. The first-order valence-corrected chi connectivity index (χ1v) is 6.21. The number of rotatable bonds is 6. The van der Waals surface area contributed by atoms with E-state index in [0.29, 0.717) is 11.7 Å². The first-order chi connectivity index (χ1) is 6.34. The van der Waals surface area contributed by atoms with Gasteiger partial charge in [0.05, 0.1) is 0 Å². The summed E-state index contributed by atoms with van der Waals surface area (Å²) in [7, 11) is 0. The number of ketones is 1. The van der Waals surface area contributed by atoms with Crippen LogP contribution in [0.3, 0.4) is 0 Å². The standard InChI is InChI=1S/C10H18O2S/c11-6-2-7-13-8-5-9-3-1-4-10(9)12/h9,11H,1-8H2. The smallest absolute Gasteiger partial charge is 0.136 e. The highest BCUT2D eigenvalue weighted by Crippen LogP contribution is 2.25. The zero-order chi connectivity index (χ0) is 9.52. The van der Waals surface area contributed by atoms with Crippen molar-refractivity contribution in [3.8, 4) is 0 Å². The molecule has 0 saturated heterocycles. The molecule has 1 saturated carbocycles. The van der Waals surface area contributed by atoms with Crippen molar-refractivity contribution in [2.75, 3.05) is 18.1 Å². The molecule has 0 aromatic carbocycles. The molecule has 0 aromatic heterocycles. The summed E-state index contributed by atoms with van der Waals surface area (Å²) < 4.78 is 0. The molecule has 3 heteroatoms. The van der Waals surface area contributed by atoms with Gasteiger partial charge >= 0.3 is 0 Å². The molecular weight excluding hydrogens is 184 g/mol. The number of aliphatic hydroxyl groups excluding tert-OH is 1. The zero-order valence-electron chi connectivity index (χ0n) is 8.00. The van der Waals surface area contributed by atoms with E-state index < -0.39 is 0 Å². The van der Waals surface area contributed by atoms with Crippen molar-refractivity contribution >= 4 is 17.5 Å². The van der Waals surface area contributed by atoms with Crippen LogP contribution in [0.5, 0.6) is 0 Å². The van der Waals surface area contributed by atoms with E-state index in [4.69, 9.17) is 5.11 Å². The molecule has 0 amide bonds. The van der Waals surface area contributed by atoms with Crippen LogP contribution in [-0.2, 0) is 4.79 Å². The predicted octanol–water partition coefficient (Wildman–Crippen LogP) is 1.86. The lowest BCUT2D eigenvalue weighted by atomic mass is 10.1. The Morgan fingerprint density at radius 2 is 2.31 bits per heavy atom. The van der Waals surface area contributed by atoms with E-state index in [1.54, 1.807) is 0 Å². The van der Waals surface area contributed by atoms with E-state index in [9.17, 15) is 4.79 Å². The van der Waals surface area contributed by atoms with Gasteiger partial charge in [0.15, 0.2) is 0 Å². The van der Waals surface area contributed by atoms with Crippen LogP contribution in [0, 0.1) is 5.92 Å². The van der Waals surface area contributed by atoms with Crippen LogP contribution in [0.4, 0.5) is 0 Å². The molecule has 0 radical (unpaired) electrons. The maximum Gasteiger partial charge on any atom is 0.136 e. The van der Waals surface area contributed by atoms with Crippen LogP contribution in [0.1, 0.15) is 32.1 Å². The first kappa shape index (κ1) is 11.1. The second-order valence-corrected chi connectivity index (χ2v) is 4.76. The molecule has 0 aromatic rings. The van der Waals surface area contributed by atoms with Gasteiger partial charge in [-0.3, -0.25) is 4.79 Å². The van der Waals surface area contributed by atoms with E-state index in [1.165, 1.54) is 0 Å².